The van der Waals surface area contributed by atoms with Crippen LogP contribution in [0.4, 0.5) is 4.79 Å². The normalized spacial score (nSPS) is 15.6. The second kappa shape index (κ2) is 8.58. The average Bonchev–Trinajstić information content (AvgIpc) is 3.26. The molecule has 0 unspecified atom stereocenters. The monoisotopic (exact) mass is 511 g/mol. The van der Waals surface area contributed by atoms with Crippen LogP contribution in [0.3, 0.4) is 0 Å². The number of carbonyl (C=O) groups is 1. The number of pyridine rings is 1. The molecule has 2 aliphatic rings. The summed E-state index contributed by atoms with van der Waals surface area (Å²) >= 11 is 0. The van der Waals surface area contributed by atoms with E-state index in [1.165, 1.54) is 4.57 Å². The van der Waals surface area contributed by atoms with Crippen molar-refractivity contribution >= 4 is 6.09 Å². The van der Waals surface area contributed by atoms with Crippen LogP contribution in [-0.2, 0) is 12.1 Å². The van der Waals surface area contributed by atoms with Crippen molar-refractivity contribution in [1.82, 2.24) is 24.6 Å². The molecule has 0 radical (unpaired) electrons. The van der Waals surface area contributed by atoms with Crippen LogP contribution in [0.25, 0.3) is 28.1 Å². The highest BCUT2D eigenvalue weighted by Gasteiger charge is 2.50. The van der Waals surface area contributed by atoms with Crippen LogP contribution in [0.2, 0.25) is 0 Å². The Morgan fingerprint density at radius 3 is 2.39 bits per heavy atom. The molecule has 4 aromatic rings. The van der Waals surface area contributed by atoms with Gasteiger partial charge in [-0.25, -0.2) is 24.2 Å². The van der Waals surface area contributed by atoms with Crippen molar-refractivity contribution in [2.75, 3.05) is 0 Å². The molecule has 9 nitrogen and oxygen atoms in total. The highest BCUT2D eigenvalue weighted by molar-refractivity contribution is 5.83. The number of fused-ring (bicyclic) bond motifs is 3. The molecule has 2 N–H and O–H groups in total. The Bertz CT molecular complexity index is 1580. The lowest BCUT2D eigenvalue weighted by molar-refractivity contribution is -0.0328. The number of benzene rings is 2. The number of aromatic amines is 1. The molecule has 1 aliphatic carbocycles. The van der Waals surface area contributed by atoms with Crippen molar-refractivity contribution in [3.05, 3.63) is 82.5 Å². The predicted molar refractivity (Wildman–Crippen MR) is 142 cm³/mol. The van der Waals surface area contributed by atoms with Crippen molar-refractivity contribution in [2.45, 2.75) is 57.7 Å². The predicted octanol–water partition coefficient (Wildman–Crippen LogP) is 5.34. The van der Waals surface area contributed by atoms with Gasteiger partial charge in [-0.15, -0.1) is 0 Å². The van der Waals surface area contributed by atoms with Crippen LogP contribution in [0.5, 0.6) is 5.88 Å². The van der Waals surface area contributed by atoms with Crippen LogP contribution >= 0.6 is 0 Å². The molecule has 0 atom stereocenters. The first-order valence-electron chi connectivity index (χ1n) is 12.7. The van der Waals surface area contributed by atoms with Gasteiger partial charge in [-0.1, -0.05) is 54.6 Å². The summed E-state index contributed by atoms with van der Waals surface area (Å²) in [6.07, 6.45) is 1.66. The molecule has 2 aromatic heterocycles. The van der Waals surface area contributed by atoms with Gasteiger partial charge < -0.3 is 9.84 Å². The summed E-state index contributed by atoms with van der Waals surface area (Å²) in [4.78, 5) is 31.3. The maximum absolute atomic E-state index is 12.5. The van der Waals surface area contributed by atoms with E-state index in [0.717, 1.165) is 47.2 Å². The topological polar surface area (TPSA) is 113 Å². The third kappa shape index (κ3) is 3.69. The summed E-state index contributed by atoms with van der Waals surface area (Å²) in [7, 11) is 0. The summed E-state index contributed by atoms with van der Waals surface area (Å²) < 4.78 is 7.39. The van der Waals surface area contributed by atoms with Gasteiger partial charge in [-0.2, -0.15) is 5.10 Å². The number of aromatic nitrogens is 4. The summed E-state index contributed by atoms with van der Waals surface area (Å²) in [6.45, 7) is 5.96. The molecule has 2 aromatic carbocycles. The van der Waals surface area contributed by atoms with Crippen molar-refractivity contribution in [3.63, 3.8) is 0 Å². The van der Waals surface area contributed by atoms with E-state index in [2.05, 4.69) is 10.2 Å². The fraction of sp³-hybridized carbons (Fsp3) is 0.310. The standard InChI is InChI=1S/C29H29N5O4/c1-28(2,3)34(27(36)37)29(14-7-15-29)20-12-10-19(11-13-20)24-21(18-8-5-4-6-9-18)16-22-25(30-24)38-17-23-31-32-26(35)33(22)23/h4-6,8-13,16H,7,14-15,17H2,1-3H3,(H,32,35)(H,36,37). The van der Waals surface area contributed by atoms with E-state index in [4.69, 9.17) is 9.72 Å². The molecule has 194 valence electrons. The SMILES string of the molecule is CC(C)(C)N(C(=O)O)C1(c2ccc(-c3nc4c(cc3-c3ccccc3)-n3c(n[nH]c3=O)CO4)cc2)CCC1. The lowest BCUT2D eigenvalue weighted by atomic mass is 9.69. The number of carboxylic acid groups (broad SMARTS) is 1. The van der Waals surface area contributed by atoms with E-state index in [1.54, 1.807) is 4.90 Å². The molecule has 0 bridgehead atoms. The number of amides is 1. The molecule has 9 heteroatoms. The van der Waals surface area contributed by atoms with Gasteiger partial charge in [-0.05, 0) is 57.2 Å². The molecule has 1 fully saturated rings. The maximum Gasteiger partial charge on any atom is 0.408 e. The number of hydrogen-bond acceptors (Lipinski definition) is 5. The molecule has 6 rings (SSSR count). The Kier molecular flexibility index (Phi) is 5.41. The highest BCUT2D eigenvalue weighted by Crippen LogP contribution is 2.50. The summed E-state index contributed by atoms with van der Waals surface area (Å²) in [5.74, 6) is 0.855. The first kappa shape index (κ1) is 24.0. The number of rotatable bonds is 4. The molecular formula is C29H29N5O4. The van der Waals surface area contributed by atoms with Gasteiger partial charge in [0.1, 0.15) is 5.69 Å². The minimum Gasteiger partial charge on any atom is -0.468 e. The van der Waals surface area contributed by atoms with Gasteiger partial charge in [-0.3, -0.25) is 4.90 Å². The lowest BCUT2D eigenvalue weighted by Gasteiger charge is -2.54. The van der Waals surface area contributed by atoms with Crippen LogP contribution in [0.15, 0.2) is 65.5 Å². The zero-order chi connectivity index (χ0) is 26.7. The third-order valence-corrected chi connectivity index (χ3v) is 7.54. The number of nitrogens with zero attached hydrogens (tertiary/aromatic N) is 4. The second-order valence-electron chi connectivity index (χ2n) is 10.9. The molecule has 1 aliphatic heterocycles. The Labute approximate surface area is 219 Å². The van der Waals surface area contributed by atoms with Crippen LogP contribution in [-0.4, -0.2) is 41.4 Å². The third-order valence-electron chi connectivity index (χ3n) is 7.54. The largest absolute Gasteiger partial charge is 0.468 e. The zero-order valence-electron chi connectivity index (χ0n) is 21.6. The Hall–Kier alpha value is -4.40. The summed E-state index contributed by atoms with van der Waals surface area (Å²) in [5.41, 5.74) is 3.49. The second-order valence-corrected chi connectivity index (χ2v) is 10.9. The van der Waals surface area contributed by atoms with E-state index < -0.39 is 17.2 Å². The molecular weight excluding hydrogens is 482 g/mol. The summed E-state index contributed by atoms with van der Waals surface area (Å²) in [5, 5.41) is 16.7. The van der Waals surface area contributed by atoms with Gasteiger partial charge in [0.15, 0.2) is 12.4 Å². The molecule has 1 saturated carbocycles. The average molecular weight is 512 g/mol. The fourth-order valence-electron chi connectivity index (χ4n) is 5.82. The van der Waals surface area contributed by atoms with E-state index in [9.17, 15) is 14.7 Å². The van der Waals surface area contributed by atoms with Crippen LogP contribution in [0, 0.1) is 0 Å². The van der Waals surface area contributed by atoms with Gasteiger partial charge >= 0.3 is 11.8 Å². The van der Waals surface area contributed by atoms with Gasteiger partial charge in [0.05, 0.1) is 11.2 Å². The fourth-order valence-corrected chi connectivity index (χ4v) is 5.82. The van der Waals surface area contributed by atoms with Crippen molar-refractivity contribution in [1.29, 1.82) is 0 Å². The van der Waals surface area contributed by atoms with Crippen molar-refractivity contribution < 1.29 is 14.6 Å². The van der Waals surface area contributed by atoms with E-state index in [1.807, 2.05) is 81.4 Å². The van der Waals surface area contributed by atoms with E-state index >= 15 is 0 Å². The lowest BCUT2D eigenvalue weighted by Crippen LogP contribution is -2.60. The zero-order valence-corrected chi connectivity index (χ0v) is 21.6. The van der Waals surface area contributed by atoms with Crippen molar-refractivity contribution in [2.24, 2.45) is 0 Å². The van der Waals surface area contributed by atoms with Gasteiger partial charge in [0.25, 0.3) is 0 Å². The molecule has 1 amide bonds. The molecule has 0 spiro atoms. The summed E-state index contributed by atoms with van der Waals surface area (Å²) in [6, 6.07) is 19.8. The Morgan fingerprint density at radius 2 is 1.79 bits per heavy atom. The number of ether oxygens (including phenoxy) is 1. The molecule has 38 heavy (non-hydrogen) atoms. The number of hydrogen-bond donors (Lipinski definition) is 2. The quantitative estimate of drug-likeness (QED) is 0.382. The van der Waals surface area contributed by atoms with Gasteiger partial charge in [0, 0.05) is 16.7 Å². The Morgan fingerprint density at radius 1 is 1.08 bits per heavy atom. The smallest absolute Gasteiger partial charge is 0.408 e. The Balaban J connectivity index is 1.48. The maximum atomic E-state index is 12.5. The minimum absolute atomic E-state index is 0.141. The molecule has 0 saturated heterocycles. The van der Waals surface area contributed by atoms with Crippen molar-refractivity contribution in [3.8, 4) is 34.0 Å². The first-order chi connectivity index (χ1) is 18.2. The number of H-pyrrole nitrogens is 1. The minimum atomic E-state index is -0.907. The first-order valence-corrected chi connectivity index (χ1v) is 12.7. The highest BCUT2D eigenvalue weighted by atomic mass is 16.5. The molecule has 3 heterocycles. The van der Waals surface area contributed by atoms with E-state index in [-0.39, 0.29) is 12.3 Å². The van der Waals surface area contributed by atoms with Crippen LogP contribution < -0.4 is 10.4 Å². The van der Waals surface area contributed by atoms with Crippen LogP contribution in [0.1, 0.15) is 51.4 Å². The number of nitrogens with one attached hydrogen (secondary N) is 1. The van der Waals surface area contributed by atoms with E-state index in [0.29, 0.717) is 17.4 Å². The van der Waals surface area contributed by atoms with Gasteiger partial charge in [0.2, 0.25) is 5.88 Å².